The first-order valence-corrected chi connectivity index (χ1v) is 10.3. The summed E-state index contributed by atoms with van der Waals surface area (Å²) in [5, 5.41) is 11.8. The molecule has 3 aromatic rings. The van der Waals surface area contributed by atoms with Gasteiger partial charge in [-0.25, -0.2) is 0 Å². The summed E-state index contributed by atoms with van der Waals surface area (Å²) in [6.07, 6.45) is 3.73. The van der Waals surface area contributed by atoms with Gasteiger partial charge in [-0.2, -0.15) is 4.58 Å². The van der Waals surface area contributed by atoms with E-state index in [1.807, 2.05) is 61.3 Å². The SMILES string of the molecule is COc1ccc2c(c1)c(C1=C(O)C(=CC3=[N+](C)c4ccccc4C3(C)C)C1=O)cn2C. The van der Waals surface area contributed by atoms with E-state index in [0.717, 1.165) is 27.9 Å². The van der Waals surface area contributed by atoms with Gasteiger partial charge in [-0.1, -0.05) is 18.2 Å². The fraction of sp³-hybridized carbons (Fsp3) is 0.231. The zero-order chi connectivity index (χ0) is 22.1. The van der Waals surface area contributed by atoms with Gasteiger partial charge in [0.05, 0.1) is 23.7 Å². The minimum atomic E-state index is -0.262. The molecule has 2 heterocycles. The van der Waals surface area contributed by atoms with E-state index in [-0.39, 0.29) is 17.0 Å². The Morgan fingerprint density at radius 3 is 2.58 bits per heavy atom. The van der Waals surface area contributed by atoms with Crippen LogP contribution in [0.4, 0.5) is 5.69 Å². The number of aliphatic hydroxyl groups is 1. The van der Waals surface area contributed by atoms with Crippen LogP contribution < -0.4 is 4.74 Å². The van der Waals surface area contributed by atoms with Gasteiger partial charge in [0.1, 0.15) is 18.6 Å². The number of aromatic nitrogens is 1. The second kappa shape index (κ2) is 6.45. The number of hydrogen-bond acceptors (Lipinski definition) is 3. The van der Waals surface area contributed by atoms with Crippen molar-refractivity contribution in [3.05, 3.63) is 77.2 Å². The maximum atomic E-state index is 13.2. The molecule has 5 nitrogen and oxygen atoms in total. The van der Waals surface area contributed by atoms with Crippen molar-refractivity contribution in [3.63, 3.8) is 0 Å². The first-order valence-electron chi connectivity index (χ1n) is 10.3. The van der Waals surface area contributed by atoms with Crippen molar-refractivity contribution < 1.29 is 19.2 Å². The third kappa shape index (κ3) is 2.56. The Balaban J connectivity index is 1.63. The highest BCUT2D eigenvalue weighted by molar-refractivity contribution is 6.41. The highest BCUT2D eigenvalue weighted by atomic mass is 16.5. The van der Waals surface area contributed by atoms with E-state index in [2.05, 4.69) is 30.6 Å². The van der Waals surface area contributed by atoms with Crippen LogP contribution in [0.25, 0.3) is 16.5 Å². The molecule has 5 rings (SSSR count). The number of carbonyl (C=O) groups is 1. The minimum absolute atomic E-state index is 0.0491. The van der Waals surface area contributed by atoms with Gasteiger partial charge in [0.15, 0.2) is 5.71 Å². The number of hydrogen-bond donors (Lipinski definition) is 1. The fourth-order valence-corrected chi connectivity index (χ4v) is 4.90. The number of benzene rings is 2. The molecule has 1 N–H and O–H groups in total. The largest absolute Gasteiger partial charge is 0.506 e. The van der Waals surface area contributed by atoms with Crippen molar-refractivity contribution in [1.82, 2.24) is 4.57 Å². The second-order valence-electron chi connectivity index (χ2n) is 8.73. The Morgan fingerprint density at radius 2 is 1.90 bits per heavy atom. The number of nitrogens with zero attached hydrogens (tertiary/aromatic N) is 2. The summed E-state index contributed by atoms with van der Waals surface area (Å²) >= 11 is 0. The smallest absolute Gasteiger partial charge is 0.209 e. The lowest BCUT2D eigenvalue weighted by molar-refractivity contribution is -0.401. The third-order valence-electron chi connectivity index (χ3n) is 6.65. The summed E-state index contributed by atoms with van der Waals surface area (Å²) in [6, 6.07) is 14.0. The van der Waals surface area contributed by atoms with Crippen molar-refractivity contribution in [2.24, 2.45) is 7.05 Å². The van der Waals surface area contributed by atoms with Crippen LogP contribution in [-0.2, 0) is 17.3 Å². The van der Waals surface area contributed by atoms with Gasteiger partial charge in [0.2, 0.25) is 11.5 Å². The first kappa shape index (κ1) is 19.4. The normalized spacial score (nSPS) is 18.7. The molecule has 1 aromatic heterocycles. The molecule has 2 aliphatic rings. The third-order valence-corrected chi connectivity index (χ3v) is 6.65. The molecule has 0 bridgehead atoms. The summed E-state index contributed by atoms with van der Waals surface area (Å²) in [5.74, 6) is 0.624. The van der Waals surface area contributed by atoms with Crippen LogP contribution in [0.1, 0.15) is 25.0 Å². The monoisotopic (exact) mass is 413 g/mol. The number of fused-ring (bicyclic) bond motifs is 2. The van der Waals surface area contributed by atoms with E-state index in [1.54, 1.807) is 7.11 Å². The number of aryl methyl sites for hydroxylation is 1. The molecule has 5 heteroatoms. The van der Waals surface area contributed by atoms with E-state index in [1.165, 1.54) is 5.56 Å². The lowest BCUT2D eigenvalue weighted by Crippen LogP contribution is -2.30. The topological polar surface area (TPSA) is 54.5 Å². The molecule has 31 heavy (non-hydrogen) atoms. The van der Waals surface area contributed by atoms with Crippen molar-refractivity contribution >= 4 is 33.7 Å². The first-order chi connectivity index (χ1) is 14.8. The quantitative estimate of drug-likeness (QED) is 0.501. The number of para-hydroxylation sites is 1. The molecule has 0 spiro atoms. The van der Waals surface area contributed by atoms with Crippen molar-refractivity contribution in [2.75, 3.05) is 14.2 Å². The Bertz CT molecular complexity index is 1380. The molecule has 0 saturated heterocycles. The van der Waals surface area contributed by atoms with Crippen molar-refractivity contribution in [1.29, 1.82) is 0 Å². The fourth-order valence-electron chi connectivity index (χ4n) is 4.90. The lowest BCUT2D eigenvalue weighted by Gasteiger charge is -2.22. The van der Waals surface area contributed by atoms with Crippen molar-refractivity contribution in [3.8, 4) is 5.75 Å². The van der Waals surface area contributed by atoms with Gasteiger partial charge in [0.25, 0.3) is 0 Å². The number of rotatable bonds is 3. The second-order valence-corrected chi connectivity index (χ2v) is 8.73. The summed E-state index contributed by atoms with van der Waals surface area (Å²) in [6.45, 7) is 4.28. The standard InChI is InChI=1S/C26H24N2O3/c1-26(2)19-8-6-7-9-21(19)28(4)22(26)13-17-24(29)23(25(17)30)18-14-27(3)20-11-10-15(31-5)12-16(18)20/h6-14H,1-5H3/p+1. The van der Waals surface area contributed by atoms with Gasteiger partial charge in [-0.3, -0.25) is 4.79 Å². The molecule has 2 aromatic carbocycles. The summed E-state index contributed by atoms with van der Waals surface area (Å²) < 4.78 is 9.41. The predicted molar refractivity (Wildman–Crippen MR) is 122 cm³/mol. The number of methoxy groups -OCH3 is 1. The molecule has 0 radical (unpaired) electrons. The number of Topliss-reactive ketones (excluding diaryl/α,β-unsaturated/α-hetero) is 1. The van der Waals surface area contributed by atoms with E-state index in [4.69, 9.17) is 4.74 Å². The van der Waals surface area contributed by atoms with E-state index < -0.39 is 0 Å². The molecular formula is C26H25N2O3+. The molecule has 0 atom stereocenters. The molecule has 0 saturated carbocycles. The number of aliphatic hydroxyl groups excluding tert-OH is 1. The number of carbonyl (C=O) groups excluding carboxylic acids is 1. The van der Waals surface area contributed by atoms with Crippen LogP contribution in [0.5, 0.6) is 5.75 Å². The number of ether oxygens (including phenoxy) is 1. The molecule has 0 unspecified atom stereocenters. The molecule has 0 amide bonds. The molecule has 1 aliphatic carbocycles. The summed E-state index contributed by atoms with van der Waals surface area (Å²) in [4.78, 5) is 13.2. The van der Waals surface area contributed by atoms with Crippen LogP contribution in [0, 0.1) is 0 Å². The molecule has 1 aliphatic heterocycles. The molecular weight excluding hydrogens is 388 g/mol. The van der Waals surface area contributed by atoms with Gasteiger partial charge in [-0.05, 0) is 32.0 Å². The van der Waals surface area contributed by atoms with Gasteiger partial charge >= 0.3 is 0 Å². The van der Waals surface area contributed by atoms with Gasteiger partial charge < -0.3 is 14.4 Å². The summed E-state index contributed by atoms with van der Waals surface area (Å²) in [5.41, 5.74) is 5.48. The minimum Gasteiger partial charge on any atom is -0.506 e. The Kier molecular flexibility index (Phi) is 4.03. The maximum Gasteiger partial charge on any atom is 0.209 e. The van der Waals surface area contributed by atoms with E-state index >= 15 is 0 Å². The average molecular weight is 413 g/mol. The van der Waals surface area contributed by atoms with Crippen LogP contribution >= 0.6 is 0 Å². The van der Waals surface area contributed by atoms with Crippen LogP contribution in [0.3, 0.4) is 0 Å². The Morgan fingerprint density at radius 1 is 1.16 bits per heavy atom. The van der Waals surface area contributed by atoms with E-state index in [9.17, 15) is 9.90 Å². The van der Waals surface area contributed by atoms with E-state index in [0.29, 0.717) is 16.9 Å². The van der Waals surface area contributed by atoms with Gasteiger partial charge in [-0.15, -0.1) is 0 Å². The molecule has 0 fully saturated rings. The summed E-state index contributed by atoms with van der Waals surface area (Å²) in [7, 11) is 5.55. The van der Waals surface area contributed by atoms with Crippen LogP contribution in [0.2, 0.25) is 0 Å². The average Bonchev–Trinajstić information content (AvgIpc) is 3.17. The van der Waals surface area contributed by atoms with Crippen molar-refractivity contribution in [2.45, 2.75) is 19.3 Å². The van der Waals surface area contributed by atoms with Crippen LogP contribution in [-0.4, -0.2) is 39.9 Å². The number of ketones is 1. The Hall–Kier alpha value is -3.60. The zero-order valence-electron chi connectivity index (χ0n) is 18.4. The van der Waals surface area contributed by atoms with Crippen LogP contribution in [0.15, 0.2) is 66.1 Å². The lowest BCUT2D eigenvalue weighted by atomic mass is 9.77. The predicted octanol–water partition coefficient (Wildman–Crippen LogP) is 4.67. The van der Waals surface area contributed by atoms with Gasteiger partial charge in [0, 0.05) is 47.4 Å². The maximum absolute atomic E-state index is 13.2. The molecule has 156 valence electrons. The highest BCUT2D eigenvalue weighted by Gasteiger charge is 2.45. The Labute approximate surface area is 181 Å². The number of allylic oxidation sites excluding steroid dienone is 3. The zero-order valence-corrected chi connectivity index (χ0v) is 18.4. The highest BCUT2D eigenvalue weighted by Crippen LogP contribution is 2.43.